The van der Waals surface area contributed by atoms with E-state index in [2.05, 4.69) is 11.6 Å². The van der Waals surface area contributed by atoms with E-state index in [-0.39, 0.29) is 18.1 Å². The van der Waals surface area contributed by atoms with Crippen LogP contribution in [0.2, 0.25) is 0 Å². The zero-order chi connectivity index (χ0) is 16.4. The third kappa shape index (κ3) is 7.43. The molecule has 0 radical (unpaired) electrons. The Bertz CT molecular complexity index is 584. The van der Waals surface area contributed by atoms with E-state index in [1.165, 1.54) is 12.5 Å². The molecule has 0 amide bonds. The van der Waals surface area contributed by atoms with Crippen LogP contribution in [0.1, 0.15) is 25.8 Å². The van der Waals surface area contributed by atoms with Gasteiger partial charge >= 0.3 is 0 Å². The summed E-state index contributed by atoms with van der Waals surface area (Å²) < 4.78 is 1.87. The molecule has 0 aliphatic carbocycles. The lowest BCUT2D eigenvalue weighted by atomic mass is 10.1. The highest BCUT2D eigenvalue weighted by Crippen LogP contribution is 2.08. The van der Waals surface area contributed by atoms with Gasteiger partial charge in [-0.15, -0.1) is 0 Å². The first-order chi connectivity index (χ1) is 10.5. The molecule has 0 aliphatic heterocycles. The molecular weight excluding hydrogens is 276 g/mol. The first-order valence-corrected chi connectivity index (χ1v) is 7.29. The fourth-order valence-corrected chi connectivity index (χ4v) is 1.89. The molecule has 0 unspecified atom stereocenters. The quantitative estimate of drug-likeness (QED) is 0.399. The minimum atomic E-state index is 0.0490. The normalized spacial score (nSPS) is 11.6. The lowest BCUT2D eigenvalue weighted by Crippen LogP contribution is -2.36. The molecule has 0 fully saturated rings. The number of nitrogens with zero attached hydrogens (tertiary/aromatic N) is 2. The summed E-state index contributed by atoms with van der Waals surface area (Å²) in [4.78, 5) is 25.9. The third-order valence-corrected chi connectivity index (χ3v) is 3.04. The van der Waals surface area contributed by atoms with Crippen molar-refractivity contribution >= 4 is 17.8 Å². The highest BCUT2D eigenvalue weighted by molar-refractivity contribution is 5.81. The number of Topliss-reactive ketones (excluding diaryl/α,β-unsaturated/α-hetero) is 2. The Kier molecular flexibility index (Phi) is 7.68. The molecule has 4 nitrogen and oxygen atoms in total. The minimum absolute atomic E-state index is 0.0490. The van der Waals surface area contributed by atoms with Gasteiger partial charge in [0.05, 0.1) is 6.54 Å². The Hall–Kier alpha value is -2.36. The van der Waals surface area contributed by atoms with Gasteiger partial charge in [0.1, 0.15) is 0 Å². The molecule has 0 saturated carbocycles. The van der Waals surface area contributed by atoms with Gasteiger partial charge < -0.3 is 0 Å². The number of carbonyl (C=O) groups excluding carboxylic acids is 2. The molecule has 116 valence electrons. The summed E-state index contributed by atoms with van der Waals surface area (Å²) in [5.74, 6) is 0.187. The Morgan fingerprint density at radius 1 is 1.23 bits per heavy atom. The van der Waals surface area contributed by atoms with Crippen molar-refractivity contribution < 1.29 is 14.2 Å². The largest absolute Gasteiger partial charge is 0.298 e. The Morgan fingerprint density at radius 3 is 2.45 bits per heavy atom. The molecule has 0 saturated heterocycles. The van der Waals surface area contributed by atoms with Crippen molar-refractivity contribution in [2.45, 2.75) is 33.2 Å². The van der Waals surface area contributed by atoms with Gasteiger partial charge in [-0.3, -0.25) is 14.6 Å². The van der Waals surface area contributed by atoms with Crippen molar-refractivity contribution in [3.05, 3.63) is 54.4 Å². The van der Waals surface area contributed by atoms with Gasteiger partial charge in [-0.05, 0) is 37.0 Å². The molecule has 22 heavy (non-hydrogen) atoms. The van der Waals surface area contributed by atoms with Crippen LogP contribution in [0.25, 0.3) is 0 Å². The minimum Gasteiger partial charge on any atom is -0.298 e. The zero-order valence-corrected chi connectivity index (χ0v) is 13.3. The van der Waals surface area contributed by atoms with Crippen LogP contribution in [0.5, 0.6) is 0 Å². The maximum absolute atomic E-state index is 11.0. The molecular formula is C18H23N2O2+. The summed E-state index contributed by atoms with van der Waals surface area (Å²) in [6.07, 6.45) is 10.9. The summed E-state index contributed by atoms with van der Waals surface area (Å²) in [6, 6.07) is 4.04. The number of allylic oxidation sites excluding steroid dienone is 3. The number of hydrogen-bond donors (Lipinski definition) is 0. The molecule has 1 aromatic rings. The first kappa shape index (κ1) is 17.7. The average molecular weight is 299 g/mol. The van der Waals surface area contributed by atoms with E-state index >= 15 is 0 Å². The van der Waals surface area contributed by atoms with Gasteiger partial charge in [0.2, 0.25) is 6.54 Å². The van der Waals surface area contributed by atoms with E-state index in [9.17, 15) is 9.59 Å². The Balaban J connectivity index is 2.53. The second-order valence-electron chi connectivity index (χ2n) is 5.22. The van der Waals surface area contributed by atoms with Crippen molar-refractivity contribution in [1.29, 1.82) is 0 Å². The van der Waals surface area contributed by atoms with Gasteiger partial charge in [0.25, 0.3) is 0 Å². The van der Waals surface area contributed by atoms with E-state index in [0.29, 0.717) is 6.54 Å². The average Bonchev–Trinajstić information content (AvgIpc) is 2.47. The monoisotopic (exact) mass is 299 g/mol. The number of aryl methyl sites for hydroxylation is 1. The molecule has 1 heterocycles. The summed E-state index contributed by atoms with van der Waals surface area (Å²) in [7, 11) is 0. The van der Waals surface area contributed by atoms with E-state index in [1.54, 1.807) is 19.2 Å². The first-order valence-electron chi connectivity index (χ1n) is 7.29. The number of aromatic nitrogens is 1. The number of pyridine rings is 1. The van der Waals surface area contributed by atoms with Crippen LogP contribution in [0, 0.1) is 0 Å². The van der Waals surface area contributed by atoms with Crippen LogP contribution < -0.4 is 4.57 Å². The smallest absolute Gasteiger partial charge is 0.206 e. The summed E-state index contributed by atoms with van der Waals surface area (Å²) in [5.41, 5.74) is 2.28. The predicted octanol–water partition coefficient (Wildman–Crippen LogP) is 2.27. The fraction of sp³-hybridized carbons (Fsp3) is 0.333. The summed E-state index contributed by atoms with van der Waals surface area (Å²) in [5, 5.41) is 0. The van der Waals surface area contributed by atoms with Gasteiger partial charge in [-0.2, -0.15) is 4.57 Å². The number of rotatable bonds is 9. The van der Waals surface area contributed by atoms with Crippen molar-refractivity contribution in [1.82, 2.24) is 0 Å². The number of ketones is 2. The maximum Gasteiger partial charge on any atom is 0.206 e. The van der Waals surface area contributed by atoms with Gasteiger partial charge in [0.15, 0.2) is 24.0 Å². The van der Waals surface area contributed by atoms with E-state index in [1.807, 2.05) is 35.2 Å². The molecule has 4 heteroatoms. The molecule has 0 aromatic carbocycles. The van der Waals surface area contributed by atoms with Crippen LogP contribution in [0.15, 0.2) is 53.8 Å². The van der Waals surface area contributed by atoms with Crippen LogP contribution in [-0.4, -0.2) is 24.3 Å². The van der Waals surface area contributed by atoms with Gasteiger partial charge in [0, 0.05) is 25.3 Å². The summed E-state index contributed by atoms with van der Waals surface area (Å²) in [6.45, 7) is 7.52. The summed E-state index contributed by atoms with van der Waals surface area (Å²) >= 11 is 0. The Morgan fingerprint density at radius 2 is 1.91 bits per heavy atom. The standard InChI is InChI=1S/C18H23N2O2/c1-4-17(7-10-19-13-15(2)21)5-6-18-8-11-20(12-9-18)14-16(3)22/h4,7-12H,1,5-6,13-14H2,2-3H3/q+1/b17-7+,19-10?. The SMILES string of the molecule is C=C/C(=C\C=NCC(C)=O)CCc1cc[n+](CC(C)=O)cc1. The van der Waals surface area contributed by atoms with Crippen molar-refractivity contribution in [2.75, 3.05) is 6.54 Å². The highest BCUT2D eigenvalue weighted by Gasteiger charge is 2.04. The second kappa shape index (κ2) is 9.55. The number of aliphatic imine (C=N–C) groups is 1. The van der Waals surface area contributed by atoms with Crippen molar-refractivity contribution in [2.24, 2.45) is 4.99 Å². The van der Waals surface area contributed by atoms with E-state index < -0.39 is 0 Å². The zero-order valence-electron chi connectivity index (χ0n) is 13.3. The lowest BCUT2D eigenvalue weighted by molar-refractivity contribution is -0.684. The van der Waals surface area contributed by atoms with Crippen LogP contribution in [0.4, 0.5) is 0 Å². The van der Waals surface area contributed by atoms with Crippen LogP contribution >= 0.6 is 0 Å². The maximum atomic E-state index is 11.0. The van der Waals surface area contributed by atoms with Gasteiger partial charge in [-0.25, -0.2) is 0 Å². The van der Waals surface area contributed by atoms with E-state index in [0.717, 1.165) is 18.4 Å². The van der Waals surface area contributed by atoms with Crippen molar-refractivity contribution in [3.8, 4) is 0 Å². The molecule has 0 N–H and O–H groups in total. The van der Waals surface area contributed by atoms with Crippen LogP contribution in [-0.2, 0) is 22.6 Å². The molecule has 1 aromatic heterocycles. The predicted molar refractivity (Wildman–Crippen MR) is 88.0 cm³/mol. The number of hydrogen-bond acceptors (Lipinski definition) is 3. The van der Waals surface area contributed by atoms with E-state index in [4.69, 9.17) is 0 Å². The number of carbonyl (C=O) groups is 2. The second-order valence-corrected chi connectivity index (χ2v) is 5.22. The van der Waals surface area contributed by atoms with Gasteiger partial charge in [-0.1, -0.05) is 12.7 Å². The topological polar surface area (TPSA) is 50.4 Å². The Labute approximate surface area is 131 Å². The fourth-order valence-electron chi connectivity index (χ4n) is 1.89. The molecule has 1 rings (SSSR count). The molecule has 0 bridgehead atoms. The third-order valence-electron chi connectivity index (χ3n) is 3.04. The molecule has 0 aliphatic rings. The molecule has 0 atom stereocenters. The highest BCUT2D eigenvalue weighted by atomic mass is 16.1. The molecule has 0 spiro atoms. The van der Waals surface area contributed by atoms with Crippen molar-refractivity contribution in [3.63, 3.8) is 0 Å². The lowest BCUT2D eigenvalue weighted by Gasteiger charge is -2.02. The van der Waals surface area contributed by atoms with Crippen LogP contribution in [0.3, 0.4) is 0 Å².